The standard InChI is InChI=1S/C23H25N5O4/c1-14-18(22(29)26-17-7-5-4-6-8-17)11-24-21(25-14)16-9-10-28(12-16)23(30)20-19(13-31-3)15(2)32-27-20/h4-8,11,16H,9-10,12-13H2,1-3H3,(H,26,29). The van der Waals surface area contributed by atoms with E-state index in [2.05, 4.69) is 20.4 Å². The fourth-order valence-electron chi connectivity index (χ4n) is 3.80. The molecule has 0 bridgehead atoms. The molecule has 2 aromatic heterocycles. The number of para-hydroxylation sites is 1. The van der Waals surface area contributed by atoms with Crippen LogP contribution in [0.1, 0.15) is 56.0 Å². The lowest BCUT2D eigenvalue weighted by molar-refractivity contribution is 0.0775. The Hall–Kier alpha value is -3.59. The Morgan fingerprint density at radius 3 is 2.75 bits per heavy atom. The summed E-state index contributed by atoms with van der Waals surface area (Å²) in [6, 6.07) is 9.24. The van der Waals surface area contributed by atoms with E-state index < -0.39 is 0 Å². The summed E-state index contributed by atoms with van der Waals surface area (Å²) in [4.78, 5) is 36.3. The van der Waals surface area contributed by atoms with E-state index in [-0.39, 0.29) is 30.0 Å². The van der Waals surface area contributed by atoms with Gasteiger partial charge in [0.15, 0.2) is 5.69 Å². The van der Waals surface area contributed by atoms with Gasteiger partial charge in [-0.05, 0) is 32.4 Å². The Bertz CT molecular complexity index is 1130. The van der Waals surface area contributed by atoms with Gasteiger partial charge < -0.3 is 19.5 Å². The number of hydrogen-bond acceptors (Lipinski definition) is 7. The van der Waals surface area contributed by atoms with Crippen molar-refractivity contribution < 1.29 is 18.8 Å². The zero-order valence-corrected chi connectivity index (χ0v) is 18.3. The van der Waals surface area contributed by atoms with Crippen LogP contribution in [0, 0.1) is 13.8 Å². The second kappa shape index (κ2) is 9.27. The number of methoxy groups -OCH3 is 1. The van der Waals surface area contributed by atoms with Crippen LogP contribution in [0.3, 0.4) is 0 Å². The van der Waals surface area contributed by atoms with E-state index in [1.54, 1.807) is 32.1 Å². The number of benzene rings is 1. The van der Waals surface area contributed by atoms with Gasteiger partial charge in [0.05, 0.1) is 23.4 Å². The summed E-state index contributed by atoms with van der Waals surface area (Å²) in [6.07, 6.45) is 2.29. The Morgan fingerprint density at radius 1 is 1.25 bits per heavy atom. The molecule has 1 aliphatic heterocycles. The first-order valence-electron chi connectivity index (χ1n) is 10.4. The molecule has 0 spiro atoms. The molecule has 1 unspecified atom stereocenters. The summed E-state index contributed by atoms with van der Waals surface area (Å²) in [7, 11) is 1.57. The number of anilines is 1. The molecule has 3 heterocycles. The van der Waals surface area contributed by atoms with Gasteiger partial charge in [-0.2, -0.15) is 0 Å². The molecule has 1 aliphatic rings. The van der Waals surface area contributed by atoms with Crippen LogP contribution in [-0.2, 0) is 11.3 Å². The number of aromatic nitrogens is 3. The maximum atomic E-state index is 13.0. The quantitative estimate of drug-likeness (QED) is 0.633. The molecule has 2 amide bonds. The third-order valence-electron chi connectivity index (χ3n) is 5.59. The number of carbonyl (C=O) groups is 2. The van der Waals surface area contributed by atoms with Crippen molar-refractivity contribution in [1.82, 2.24) is 20.0 Å². The number of carbonyl (C=O) groups excluding carboxylic acids is 2. The lowest BCUT2D eigenvalue weighted by atomic mass is 10.1. The van der Waals surface area contributed by atoms with Crippen LogP contribution in [0.5, 0.6) is 0 Å². The van der Waals surface area contributed by atoms with Crippen LogP contribution in [0.25, 0.3) is 0 Å². The summed E-state index contributed by atoms with van der Waals surface area (Å²) < 4.78 is 10.4. The predicted molar refractivity (Wildman–Crippen MR) is 116 cm³/mol. The molecule has 32 heavy (non-hydrogen) atoms. The molecule has 166 valence electrons. The lowest BCUT2D eigenvalue weighted by Gasteiger charge is -2.16. The number of rotatable bonds is 6. The van der Waals surface area contributed by atoms with E-state index in [4.69, 9.17) is 9.26 Å². The second-order valence-corrected chi connectivity index (χ2v) is 7.78. The first-order chi connectivity index (χ1) is 15.5. The van der Waals surface area contributed by atoms with Crippen molar-refractivity contribution in [3.8, 4) is 0 Å². The van der Waals surface area contributed by atoms with Crippen LogP contribution in [0.4, 0.5) is 5.69 Å². The number of hydrogen-bond donors (Lipinski definition) is 1. The fraction of sp³-hybridized carbons (Fsp3) is 0.348. The van der Waals surface area contributed by atoms with Gasteiger partial charge in [-0.1, -0.05) is 23.4 Å². The van der Waals surface area contributed by atoms with Crippen molar-refractivity contribution in [3.05, 3.63) is 70.6 Å². The minimum atomic E-state index is -0.254. The maximum absolute atomic E-state index is 13.0. The zero-order chi connectivity index (χ0) is 22.7. The molecule has 1 atom stereocenters. The molecule has 1 aromatic carbocycles. The largest absolute Gasteiger partial charge is 0.380 e. The lowest BCUT2D eigenvalue weighted by Crippen LogP contribution is -2.29. The van der Waals surface area contributed by atoms with Gasteiger partial charge in [0.1, 0.15) is 11.6 Å². The van der Waals surface area contributed by atoms with Gasteiger partial charge in [-0.15, -0.1) is 0 Å². The third-order valence-corrected chi connectivity index (χ3v) is 5.59. The molecule has 9 heteroatoms. The van der Waals surface area contributed by atoms with Crippen molar-refractivity contribution >= 4 is 17.5 Å². The highest BCUT2D eigenvalue weighted by atomic mass is 16.5. The van der Waals surface area contributed by atoms with Crippen LogP contribution in [-0.4, -0.2) is 52.0 Å². The van der Waals surface area contributed by atoms with Gasteiger partial charge in [0.2, 0.25) is 0 Å². The van der Waals surface area contributed by atoms with E-state index in [1.807, 2.05) is 30.3 Å². The van der Waals surface area contributed by atoms with Crippen molar-refractivity contribution in [2.24, 2.45) is 0 Å². The molecule has 1 saturated heterocycles. The monoisotopic (exact) mass is 435 g/mol. The van der Waals surface area contributed by atoms with Crippen molar-refractivity contribution in [2.45, 2.75) is 32.8 Å². The normalized spacial score (nSPS) is 15.7. The van der Waals surface area contributed by atoms with E-state index in [0.29, 0.717) is 47.2 Å². The average molecular weight is 435 g/mol. The Morgan fingerprint density at radius 2 is 2.03 bits per heavy atom. The molecular formula is C23H25N5O4. The Labute approximate surface area is 185 Å². The number of nitrogens with zero attached hydrogens (tertiary/aromatic N) is 4. The molecular weight excluding hydrogens is 410 g/mol. The van der Waals surface area contributed by atoms with E-state index in [9.17, 15) is 9.59 Å². The highest BCUT2D eigenvalue weighted by Crippen LogP contribution is 2.27. The summed E-state index contributed by atoms with van der Waals surface area (Å²) in [5, 5.41) is 6.78. The molecule has 0 saturated carbocycles. The second-order valence-electron chi connectivity index (χ2n) is 7.78. The molecule has 4 rings (SSSR count). The molecule has 1 N–H and O–H groups in total. The summed E-state index contributed by atoms with van der Waals surface area (Å²) >= 11 is 0. The van der Waals surface area contributed by atoms with Crippen LogP contribution in [0.2, 0.25) is 0 Å². The van der Waals surface area contributed by atoms with Gasteiger partial charge in [-0.25, -0.2) is 9.97 Å². The number of likely N-dealkylation sites (tertiary alicyclic amines) is 1. The number of aryl methyl sites for hydroxylation is 2. The maximum Gasteiger partial charge on any atom is 0.276 e. The number of nitrogens with one attached hydrogen (secondary N) is 1. The van der Waals surface area contributed by atoms with E-state index in [0.717, 1.165) is 6.42 Å². The minimum absolute atomic E-state index is 0.0113. The number of amides is 2. The molecule has 0 radical (unpaired) electrons. The molecule has 1 fully saturated rings. The molecule has 9 nitrogen and oxygen atoms in total. The fourth-order valence-corrected chi connectivity index (χ4v) is 3.80. The van der Waals surface area contributed by atoms with Gasteiger partial charge in [-0.3, -0.25) is 9.59 Å². The topological polar surface area (TPSA) is 110 Å². The van der Waals surface area contributed by atoms with Crippen molar-refractivity contribution in [1.29, 1.82) is 0 Å². The summed E-state index contributed by atoms with van der Waals surface area (Å²) in [6.45, 7) is 4.87. The Kier molecular flexibility index (Phi) is 6.27. The number of ether oxygens (including phenoxy) is 1. The van der Waals surface area contributed by atoms with Gasteiger partial charge >= 0.3 is 0 Å². The third kappa shape index (κ3) is 4.38. The zero-order valence-electron chi connectivity index (χ0n) is 18.3. The summed E-state index contributed by atoms with van der Waals surface area (Å²) in [5.41, 5.74) is 2.69. The van der Waals surface area contributed by atoms with Crippen LogP contribution in [0.15, 0.2) is 41.1 Å². The van der Waals surface area contributed by atoms with Crippen LogP contribution < -0.4 is 5.32 Å². The van der Waals surface area contributed by atoms with Gasteiger partial charge in [0.25, 0.3) is 11.8 Å². The minimum Gasteiger partial charge on any atom is -0.380 e. The van der Waals surface area contributed by atoms with Crippen molar-refractivity contribution in [3.63, 3.8) is 0 Å². The smallest absolute Gasteiger partial charge is 0.276 e. The Balaban J connectivity index is 1.45. The SMILES string of the molecule is COCc1c(C(=O)N2CCC(c3ncc(C(=O)Nc4ccccc4)c(C)n3)C2)noc1C. The van der Waals surface area contributed by atoms with Gasteiger partial charge in [0, 0.05) is 38.0 Å². The highest BCUT2D eigenvalue weighted by Gasteiger charge is 2.33. The van der Waals surface area contributed by atoms with E-state index in [1.165, 1.54) is 0 Å². The average Bonchev–Trinajstić information content (AvgIpc) is 3.42. The molecule has 3 aromatic rings. The van der Waals surface area contributed by atoms with E-state index >= 15 is 0 Å². The first kappa shape index (κ1) is 21.6. The van der Waals surface area contributed by atoms with Crippen LogP contribution >= 0.6 is 0 Å². The molecule has 0 aliphatic carbocycles. The predicted octanol–water partition coefficient (Wildman–Crippen LogP) is 3.11. The van der Waals surface area contributed by atoms with Crippen molar-refractivity contribution in [2.75, 3.05) is 25.5 Å². The summed E-state index contributed by atoms with van der Waals surface area (Å²) in [5.74, 6) is 0.752. The highest BCUT2D eigenvalue weighted by molar-refractivity contribution is 6.04. The first-order valence-corrected chi connectivity index (χ1v) is 10.4.